The first-order valence-corrected chi connectivity index (χ1v) is 8.94. The van der Waals surface area contributed by atoms with Gasteiger partial charge in [-0.05, 0) is 56.7 Å². The second-order valence-corrected chi connectivity index (χ2v) is 8.16. The predicted octanol–water partition coefficient (Wildman–Crippen LogP) is 3.25. The van der Waals surface area contributed by atoms with Crippen molar-refractivity contribution in [1.82, 2.24) is 4.31 Å². The second kappa shape index (κ2) is 4.98. The summed E-state index contributed by atoms with van der Waals surface area (Å²) in [5.41, 5.74) is -0.188. The van der Waals surface area contributed by atoms with Crippen molar-refractivity contribution in [2.24, 2.45) is 0 Å². The minimum Gasteiger partial charge on any atom is -0.207 e. The average molecular weight is 325 g/mol. The van der Waals surface area contributed by atoms with Gasteiger partial charge >= 0.3 is 0 Å². The lowest BCUT2D eigenvalue weighted by Gasteiger charge is -2.44. The van der Waals surface area contributed by atoms with Crippen LogP contribution in [0, 0.1) is 18.3 Å². The van der Waals surface area contributed by atoms with Crippen LogP contribution in [0.1, 0.15) is 37.7 Å². The zero-order valence-corrected chi connectivity index (χ0v) is 13.4. The van der Waals surface area contributed by atoms with Gasteiger partial charge in [0.1, 0.15) is 5.54 Å². The van der Waals surface area contributed by atoms with Gasteiger partial charge in [0.2, 0.25) is 10.0 Å². The van der Waals surface area contributed by atoms with Crippen molar-refractivity contribution >= 4 is 21.6 Å². The smallest absolute Gasteiger partial charge is 0.207 e. The van der Waals surface area contributed by atoms with Crippen molar-refractivity contribution in [1.29, 1.82) is 5.26 Å². The fourth-order valence-corrected chi connectivity index (χ4v) is 5.42. The van der Waals surface area contributed by atoms with E-state index in [1.54, 1.807) is 19.1 Å². The van der Waals surface area contributed by atoms with E-state index < -0.39 is 15.6 Å². The Morgan fingerprint density at radius 2 is 2.05 bits per heavy atom. The predicted molar refractivity (Wildman–Crippen MR) is 80.4 cm³/mol. The minimum atomic E-state index is -3.70. The van der Waals surface area contributed by atoms with E-state index in [2.05, 4.69) is 6.07 Å². The van der Waals surface area contributed by atoms with Crippen molar-refractivity contribution in [3.8, 4) is 6.07 Å². The zero-order chi connectivity index (χ0) is 15.3. The van der Waals surface area contributed by atoms with Crippen LogP contribution in [-0.4, -0.2) is 24.3 Å². The van der Waals surface area contributed by atoms with E-state index in [1.165, 1.54) is 10.4 Å². The molecule has 4 nitrogen and oxygen atoms in total. The van der Waals surface area contributed by atoms with Gasteiger partial charge in [0.15, 0.2) is 0 Å². The number of aryl methyl sites for hydroxylation is 1. The highest BCUT2D eigenvalue weighted by Gasteiger charge is 2.54. The van der Waals surface area contributed by atoms with Gasteiger partial charge in [0.05, 0.1) is 11.0 Å². The number of nitrogens with zero attached hydrogens (tertiary/aromatic N) is 2. The highest BCUT2D eigenvalue weighted by Crippen LogP contribution is 2.47. The van der Waals surface area contributed by atoms with Crippen LogP contribution in [0.3, 0.4) is 0 Å². The number of benzene rings is 1. The molecule has 0 bridgehead atoms. The first kappa shape index (κ1) is 14.8. The Balaban J connectivity index is 2.10. The Kier molecular flexibility index (Phi) is 3.52. The van der Waals surface area contributed by atoms with Crippen LogP contribution in [0.15, 0.2) is 23.1 Å². The number of rotatable bonds is 4. The van der Waals surface area contributed by atoms with Crippen LogP contribution in [0.2, 0.25) is 5.02 Å². The molecule has 1 aromatic rings. The molecule has 0 saturated heterocycles. The summed E-state index contributed by atoms with van der Waals surface area (Å²) in [4.78, 5) is 0.225. The Labute approximate surface area is 130 Å². The van der Waals surface area contributed by atoms with E-state index >= 15 is 0 Å². The van der Waals surface area contributed by atoms with Crippen molar-refractivity contribution in [2.45, 2.75) is 55.5 Å². The normalized spacial score (nSPS) is 20.9. The summed E-state index contributed by atoms with van der Waals surface area (Å²) in [6.07, 6.45) is 3.82. The Morgan fingerprint density at radius 3 is 2.52 bits per heavy atom. The maximum Gasteiger partial charge on any atom is 0.245 e. The van der Waals surface area contributed by atoms with Crippen LogP contribution in [0.25, 0.3) is 0 Å². The molecule has 0 heterocycles. The first-order chi connectivity index (χ1) is 9.90. The van der Waals surface area contributed by atoms with E-state index in [4.69, 9.17) is 11.6 Å². The lowest BCUT2D eigenvalue weighted by Crippen LogP contribution is -2.56. The monoisotopic (exact) mass is 324 g/mol. The van der Waals surface area contributed by atoms with Crippen molar-refractivity contribution < 1.29 is 8.42 Å². The third-order valence-electron chi connectivity index (χ3n) is 4.38. The Hall–Kier alpha value is -1.09. The lowest BCUT2D eigenvalue weighted by atomic mass is 9.78. The van der Waals surface area contributed by atoms with E-state index in [0.29, 0.717) is 23.4 Å². The van der Waals surface area contributed by atoms with Gasteiger partial charge in [0, 0.05) is 11.1 Å². The molecule has 0 spiro atoms. The quantitative estimate of drug-likeness (QED) is 0.854. The van der Waals surface area contributed by atoms with Gasteiger partial charge in [0.25, 0.3) is 0 Å². The highest BCUT2D eigenvalue weighted by atomic mass is 35.5. The average Bonchev–Trinajstić information content (AvgIpc) is 3.20. The molecule has 0 atom stereocenters. The molecule has 0 N–H and O–H groups in total. The summed E-state index contributed by atoms with van der Waals surface area (Å²) in [6, 6.07) is 7.11. The van der Waals surface area contributed by atoms with Crippen LogP contribution in [0.4, 0.5) is 0 Å². The fraction of sp³-hybridized carbons (Fsp3) is 0.533. The lowest BCUT2D eigenvalue weighted by molar-refractivity contribution is 0.140. The molecule has 3 rings (SSSR count). The summed E-state index contributed by atoms with van der Waals surface area (Å²) in [5.74, 6) is 0. The molecule has 2 aliphatic carbocycles. The third kappa shape index (κ3) is 2.36. The molecule has 6 heteroatoms. The minimum absolute atomic E-state index is 0.0340. The maximum atomic E-state index is 13.1. The maximum absolute atomic E-state index is 13.1. The molecule has 112 valence electrons. The molecular weight excluding hydrogens is 308 g/mol. The third-order valence-corrected chi connectivity index (χ3v) is 6.77. The molecule has 0 aliphatic heterocycles. The number of hydrogen-bond donors (Lipinski definition) is 0. The standard InChI is InChI=1S/C15H17ClN2O2S/c1-11-3-4-12(16)9-14(11)21(19,20)18(13-5-6-13)15(10-17)7-2-8-15/h3-4,9,13H,2,5-8H2,1H3. The number of hydrogen-bond acceptors (Lipinski definition) is 3. The van der Waals surface area contributed by atoms with Crippen LogP contribution in [0.5, 0.6) is 0 Å². The summed E-state index contributed by atoms with van der Waals surface area (Å²) in [6.45, 7) is 1.76. The number of nitriles is 1. The van der Waals surface area contributed by atoms with Gasteiger partial charge in [-0.1, -0.05) is 17.7 Å². The number of sulfonamides is 1. The molecule has 0 radical (unpaired) electrons. The fourth-order valence-electron chi connectivity index (χ4n) is 2.94. The van der Waals surface area contributed by atoms with Gasteiger partial charge in [-0.15, -0.1) is 0 Å². The molecule has 2 aliphatic rings. The van der Waals surface area contributed by atoms with Crippen LogP contribution < -0.4 is 0 Å². The molecule has 2 fully saturated rings. The van der Waals surface area contributed by atoms with Crippen LogP contribution in [-0.2, 0) is 10.0 Å². The SMILES string of the molecule is Cc1ccc(Cl)cc1S(=O)(=O)N(C1CC1)C1(C#N)CCC1. The van der Waals surface area contributed by atoms with Crippen molar-refractivity contribution in [3.05, 3.63) is 28.8 Å². The van der Waals surface area contributed by atoms with E-state index in [-0.39, 0.29) is 10.9 Å². The first-order valence-electron chi connectivity index (χ1n) is 7.13. The molecule has 1 aromatic carbocycles. The molecule has 0 amide bonds. The van der Waals surface area contributed by atoms with E-state index in [9.17, 15) is 13.7 Å². The topological polar surface area (TPSA) is 61.2 Å². The summed E-state index contributed by atoms with van der Waals surface area (Å²) in [7, 11) is -3.70. The van der Waals surface area contributed by atoms with Gasteiger partial charge in [-0.2, -0.15) is 9.57 Å². The molecule has 0 unspecified atom stereocenters. The second-order valence-electron chi connectivity index (χ2n) is 5.94. The van der Waals surface area contributed by atoms with E-state index in [1.807, 2.05) is 0 Å². The summed E-state index contributed by atoms with van der Waals surface area (Å²) < 4.78 is 27.7. The van der Waals surface area contributed by atoms with Crippen molar-refractivity contribution in [3.63, 3.8) is 0 Å². The van der Waals surface area contributed by atoms with E-state index in [0.717, 1.165) is 19.3 Å². The van der Waals surface area contributed by atoms with Gasteiger partial charge in [-0.25, -0.2) is 8.42 Å². The number of halogens is 1. The zero-order valence-electron chi connectivity index (χ0n) is 11.8. The Morgan fingerprint density at radius 1 is 1.38 bits per heavy atom. The largest absolute Gasteiger partial charge is 0.245 e. The molecular formula is C15H17ClN2O2S. The summed E-state index contributed by atoms with van der Waals surface area (Å²) >= 11 is 5.97. The van der Waals surface area contributed by atoms with Crippen LogP contribution >= 0.6 is 11.6 Å². The van der Waals surface area contributed by atoms with Gasteiger partial charge in [-0.3, -0.25) is 0 Å². The summed E-state index contributed by atoms with van der Waals surface area (Å²) in [5, 5.41) is 9.93. The molecule has 0 aromatic heterocycles. The molecule has 21 heavy (non-hydrogen) atoms. The highest BCUT2D eigenvalue weighted by molar-refractivity contribution is 7.89. The molecule has 2 saturated carbocycles. The van der Waals surface area contributed by atoms with Crippen molar-refractivity contribution in [2.75, 3.05) is 0 Å². The van der Waals surface area contributed by atoms with Gasteiger partial charge < -0.3 is 0 Å². The Bertz CT molecular complexity index is 716.